The van der Waals surface area contributed by atoms with Crippen LogP contribution in [0.1, 0.15) is 5.56 Å². The second-order valence-corrected chi connectivity index (χ2v) is 6.25. The molecule has 4 amide bonds. The summed E-state index contributed by atoms with van der Waals surface area (Å²) in [7, 11) is 0. The number of anilines is 1. The Balaban J connectivity index is 1.72. The summed E-state index contributed by atoms with van der Waals surface area (Å²) in [5, 5.41) is 3.89. The predicted octanol–water partition coefficient (Wildman–Crippen LogP) is 4.06. The number of benzene rings is 3. The quantitative estimate of drug-likeness (QED) is 0.560. The molecule has 4 rings (SSSR count). The average molecular weight is 368 g/mol. The molecule has 0 atom stereocenters. The van der Waals surface area contributed by atoms with E-state index in [1.54, 1.807) is 24.3 Å². The fourth-order valence-corrected chi connectivity index (χ4v) is 3.12. The Kier molecular flexibility index (Phi) is 4.56. The predicted molar refractivity (Wildman–Crippen MR) is 109 cm³/mol. The monoisotopic (exact) mass is 368 g/mol. The van der Waals surface area contributed by atoms with Gasteiger partial charge in [-0.05, 0) is 23.1 Å². The molecule has 5 heteroatoms. The van der Waals surface area contributed by atoms with Gasteiger partial charge in [0.1, 0.15) is 5.57 Å². The number of amides is 4. The van der Waals surface area contributed by atoms with E-state index in [0.717, 1.165) is 21.2 Å². The van der Waals surface area contributed by atoms with Crippen molar-refractivity contribution in [2.75, 3.05) is 4.90 Å². The van der Waals surface area contributed by atoms with Gasteiger partial charge < -0.3 is 0 Å². The largest absolute Gasteiger partial charge is 0.335 e. The van der Waals surface area contributed by atoms with Crippen LogP contribution in [0.25, 0.3) is 16.8 Å². The lowest BCUT2D eigenvalue weighted by Crippen LogP contribution is -2.54. The lowest BCUT2D eigenvalue weighted by atomic mass is 10.1. The van der Waals surface area contributed by atoms with Crippen LogP contribution in [0.4, 0.5) is 10.5 Å². The molecule has 1 aliphatic heterocycles. The van der Waals surface area contributed by atoms with E-state index in [1.165, 1.54) is 6.08 Å². The van der Waals surface area contributed by atoms with Crippen molar-refractivity contribution >= 4 is 40.4 Å². The van der Waals surface area contributed by atoms with E-state index in [0.29, 0.717) is 5.69 Å². The second-order valence-electron chi connectivity index (χ2n) is 6.25. The van der Waals surface area contributed by atoms with Gasteiger partial charge in [0.25, 0.3) is 11.8 Å². The number of fused-ring (bicyclic) bond motifs is 1. The standard InChI is InChI=1S/C23H16N2O3/c26-21-19(14-6-10-16-8-2-1-3-9-16)22(27)25(23(28)24-21)20-15-7-12-17-11-4-5-13-18(17)20/h1-15H,(H,24,26,28). The third-order valence-electron chi connectivity index (χ3n) is 4.46. The topological polar surface area (TPSA) is 66.5 Å². The third kappa shape index (κ3) is 3.21. The van der Waals surface area contributed by atoms with Crippen LogP contribution in [0.5, 0.6) is 0 Å². The number of hydrogen-bond donors (Lipinski definition) is 1. The van der Waals surface area contributed by atoms with Crippen LogP contribution in [0.2, 0.25) is 0 Å². The minimum atomic E-state index is -0.754. The Morgan fingerprint density at radius 1 is 0.786 bits per heavy atom. The Labute approximate surface area is 161 Å². The fraction of sp³-hybridized carbons (Fsp3) is 0. The van der Waals surface area contributed by atoms with E-state index in [9.17, 15) is 14.4 Å². The normalized spacial score (nSPS) is 16.2. The van der Waals surface area contributed by atoms with Crippen molar-refractivity contribution in [3.8, 4) is 0 Å². The molecule has 1 aliphatic rings. The molecule has 0 radical (unpaired) electrons. The lowest BCUT2D eigenvalue weighted by molar-refractivity contribution is -0.122. The zero-order valence-electron chi connectivity index (χ0n) is 14.8. The summed E-state index contributed by atoms with van der Waals surface area (Å²) in [4.78, 5) is 38.6. The molecular formula is C23H16N2O3. The molecule has 0 spiro atoms. The Bertz CT molecular complexity index is 1140. The molecule has 0 aromatic heterocycles. The van der Waals surface area contributed by atoms with Crippen molar-refractivity contribution in [2.45, 2.75) is 0 Å². The third-order valence-corrected chi connectivity index (χ3v) is 4.46. The molecule has 3 aromatic rings. The Morgan fingerprint density at radius 3 is 2.32 bits per heavy atom. The van der Waals surface area contributed by atoms with Gasteiger partial charge in [0, 0.05) is 5.39 Å². The zero-order chi connectivity index (χ0) is 19.5. The van der Waals surface area contributed by atoms with Crippen molar-refractivity contribution in [2.24, 2.45) is 0 Å². The van der Waals surface area contributed by atoms with Crippen LogP contribution in [-0.4, -0.2) is 17.8 Å². The molecule has 1 heterocycles. The zero-order valence-corrected chi connectivity index (χ0v) is 14.8. The van der Waals surface area contributed by atoms with Gasteiger partial charge >= 0.3 is 6.03 Å². The van der Waals surface area contributed by atoms with Crippen molar-refractivity contribution in [3.05, 3.63) is 96.1 Å². The average Bonchev–Trinajstić information content (AvgIpc) is 2.71. The van der Waals surface area contributed by atoms with E-state index >= 15 is 0 Å². The van der Waals surface area contributed by atoms with Gasteiger partial charge in [-0.1, -0.05) is 78.9 Å². The highest BCUT2D eigenvalue weighted by Gasteiger charge is 2.37. The summed E-state index contributed by atoms with van der Waals surface area (Å²) in [6.07, 6.45) is 4.83. The number of rotatable bonds is 3. The van der Waals surface area contributed by atoms with Crippen molar-refractivity contribution in [3.63, 3.8) is 0 Å². The summed E-state index contributed by atoms with van der Waals surface area (Å²) in [5.74, 6) is -1.35. The molecule has 0 unspecified atom stereocenters. The molecule has 0 bridgehead atoms. The maximum Gasteiger partial charge on any atom is 0.335 e. The Hall–Kier alpha value is -3.99. The van der Waals surface area contributed by atoms with Crippen molar-refractivity contribution < 1.29 is 14.4 Å². The highest BCUT2D eigenvalue weighted by atomic mass is 16.2. The molecule has 28 heavy (non-hydrogen) atoms. The fourth-order valence-electron chi connectivity index (χ4n) is 3.12. The number of carbonyl (C=O) groups excluding carboxylic acids is 3. The van der Waals surface area contributed by atoms with Crippen LogP contribution in [0, 0.1) is 0 Å². The van der Waals surface area contributed by atoms with Gasteiger partial charge in [-0.25, -0.2) is 9.69 Å². The van der Waals surface area contributed by atoms with Crippen molar-refractivity contribution in [1.29, 1.82) is 0 Å². The van der Waals surface area contributed by atoms with E-state index in [2.05, 4.69) is 5.32 Å². The van der Waals surface area contributed by atoms with Gasteiger partial charge in [0.15, 0.2) is 0 Å². The van der Waals surface area contributed by atoms with Crippen LogP contribution < -0.4 is 10.2 Å². The number of barbiturate groups is 1. The van der Waals surface area contributed by atoms with Gasteiger partial charge in [-0.2, -0.15) is 0 Å². The van der Waals surface area contributed by atoms with E-state index in [1.807, 2.05) is 60.7 Å². The summed E-state index contributed by atoms with van der Waals surface area (Å²) in [5.41, 5.74) is 1.27. The summed E-state index contributed by atoms with van der Waals surface area (Å²) in [6, 6.07) is 21.6. The first-order valence-corrected chi connectivity index (χ1v) is 8.76. The van der Waals surface area contributed by atoms with E-state index in [-0.39, 0.29) is 5.57 Å². The summed E-state index contributed by atoms with van der Waals surface area (Å²) < 4.78 is 0. The minimum Gasteiger partial charge on any atom is -0.273 e. The molecule has 0 aliphatic carbocycles. The number of allylic oxidation sites excluding steroid dienone is 2. The molecule has 1 saturated heterocycles. The number of nitrogens with one attached hydrogen (secondary N) is 1. The molecule has 0 saturated carbocycles. The van der Waals surface area contributed by atoms with Gasteiger partial charge in [0.05, 0.1) is 5.69 Å². The van der Waals surface area contributed by atoms with Gasteiger partial charge in [-0.15, -0.1) is 0 Å². The molecule has 3 aromatic carbocycles. The van der Waals surface area contributed by atoms with Crippen LogP contribution >= 0.6 is 0 Å². The number of imide groups is 2. The van der Waals surface area contributed by atoms with Crippen LogP contribution in [0.15, 0.2) is 90.5 Å². The smallest absolute Gasteiger partial charge is 0.273 e. The molecule has 5 nitrogen and oxygen atoms in total. The SMILES string of the molecule is O=C1NC(=O)N(c2cccc3ccccc23)C(=O)C1=CC=Cc1ccccc1. The number of hydrogen-bond acceptors (Lipinski definition) is 3. The number of nitrogens with zero attached hydrogens (tertiary/aromatic N) is 1. The van der Waals surface area contributed by atoms with Crippen LogP contribution in [0.3, 0.4) is 0 Å². The first-order chi connectivity index (χ1) is 13.6. The summed E-state index contributed by atoms with van der Waals surface area (Å²) >= 11 is 0. The lowest BCUT2D eigenvalue weighted by Gasteiger charge is -2.27. The first kappa shape index (κ1) is 17.4. The van der Waals surface area contributed by atoms with Gasteiger partial charge in [-0.3, -0.25) is 14.9 Å². The van der Waals surface area contributed by atoms with Gasteiger partial charge in [0.2, 0.25) is 0 Å². The van der Waals surface area contributed by atoms with E-state index in [4.69, 9.17) is 0 Å². The molecular weight excluding hydrogens is 352 g/mol. The molecule has 1 fully saturated rings. The highest BCUT2D eigenvalue weighted by molar-refractivity contribution is 6.38. The van der Waals surface area contributed by atoms with Crippen LogP contribution in [-0.2, 0) is 9.59 Å². The molecule has 136 valence electrons. The summed E-state index contributed by atoms with van der Waals surface area (Å²) in [6.45, 7) is 0. The van der Waals surface area contributed by atoms with Crippen molar-refractivity contribution in [1.82, 2.24) is 5.32 Å². The second kappa shape index (κ2) is 7.32. The van der Waals surface area contributed by atoms with E-state index < -0.39 is 17.8 Å². The number of urea groups is 1. The highest BCUT2D eigenvalue weighted by Crippen LogP contribution is 2.29. The Morgan fingerprint density at radius 2 is 1.50 bits per heavy atom. The molecule has 1 N–H and O–H groups in total. The minimum absolute atomic E-state index is 0.0975. The maximum absolute atomic E-state index is 13.0. The maximum atomic E-state index is 13.0. The first-order valence-electron chi connectivity index (χ1n) is 8.76. The number of carbonyl (C=O) groups is 3.